The number of hydrogen-bond acceptors (Lipinski definition) is 15. The largest absolute Gasteiger partial charge is 0.394 e. The number of hydrogen-bond donors (Lipinski definition) is 11. The topological polar surface area (TPSA) is 286 Å². The van der Waals surface area contributed by atoms with E-state index >= 15 is 0 Å². The molecule has 44 heavy (non-hydrogen) atoms. The van der Waals surface area contributed by atoms with Crippen molar-refractivity contribution in [2.45, 2.75) is 156 Å². The highest BCUT2D eigenvalue weighted by Gasteiger charge is 2.51. The molecule has 2 aliphatic heterocycles. The van der Waals surface area contributed by atoms with Gasteiger partial charge in [-0.25, -0.2) is 0 Å². The van der Waals surface area contributed by atoms with Crippen molar-refractivity contribution >= 4 is 5.91 Å². The lowest BCUT2D eigenvalue weighted by Crippen LogP contribution is -2.68. The molecule has 14 N–H and O–H groups in total. The van der Waals surface area contributed by atoms with Crippen molar-refractivity contribution in [3.05, 3.63) is 0 Å². The van der Waals surface area contributed by atoms with Crippen molar-refractivity contribution in [2.24, 2.45) is 17.2 Å². The summed E-state index contributed by atoms with van der Waals surface area (Å²) in [6.07, 6.45) is -9.47. The molecule has 1 amide bonds. The van der Waals surface area contributed by atoms with Gasteiger partial charge in [-0.2, -0.15) is 0 Å². The summed E-state index contributed by atoms with van der Waals surface area (Å²) in [4.78, 5) is 12.4. The van der Waals surface area contributed by atoms with Gasteiger partial charge >= 0.3 is 0 Å². The number of ether oxygens (including phenoxy) is 4. The summed E-state index contributed by atoms with van der Waals surface area (Å²) >= 11 is 0. The molecule has 0 radical (unpaired) electrons. The molecule has 258 valence electrons. The molecule has 0 spiro atoms. The van der Waals surface area contributed by atoms with Gasteiger partial charge in [-0.1, -0.05) is 45.4 Å². The fourth-order valence-corrected chi connectivity index (χ4v) is 5.92. The number of rotatable bonds is 15. The summed E-state index contributed by atoms with van der Waals surface area (Å²) in [5, 5.41) is 75.6. The highest BCUT2D eigenvalue weighted by Crippen LogP contribution is 2.31. The van der Waals surface area contributed by atoms with E-state index in [0.29, 0.717) is 6.42 Å². The SMILES string of the molecule is CCCCCCCCCC(=O)NCC1OC(OC2C(N)C[C@H](N)C(OC3OC(CO)C(O)C(N)C3O)C2O)C(O)C(O)C1O. The fourth-order valence-electron chi connectivity index (χ4n) is 5.92. The van der Waals surface area contributed by atoms with E-state index in [9.17, 15) is 40.5 Å². The average Bonchev–Trinajstić information content (AvgIpc) is 2.99. The predicted octanol–water partition coefficient (Wildman–Crippen LogP) is -3.99. The Bertz CT molecular complexity index is 861. The third-order valence-electron chi connectivity index (χ3n) is 8.76. The minimum absolute atomic E-state index is 0.0550. The third-order valence-corrected chi connectivity index (χ3v) is 8.76. The molecule has 0 aromatic rings. The summed E-state index contributed by atoms with van der Waals surface area (Å²) in [6, 6.07) is -2.97. The molecular formula is C28H54N4O12. The summed E-state index contributed by atoms with van der Waals surface area (Å²) in [6.45, 7) is 1.38. The quantitative estimate of drug-likeness (QED) is 0.0762. The Morgan fingerprint density at radius 3 is 1.86 bits per heavy atom. The number of nitrogens with one attached hydrogen (secondary N) is 1. The van der Waals surface area contributed by atoms with Crippen molar-refractivity contribution in [3.8, 4) is 0 Å². The molecule has 14 unspecified atom stereocenters. The Kier molecular flexibility index (Phi) is 15.1. The first-order valence-electron chi connectivity index (χ1n) is 15.8. The van der Waals surface area contributed by atoms with Gasteiger partial charge in [0.2, 0.25) is 5.91 Å². The molecular weight excluding hydrogens is 584 g/mol. The van der Waals surface area contributed by atoms with Gasteiger partial charge in [-0.15, -0.1) is 0 Å². The Balaban J connectivity index is 1.57. The van der Waals surface area contributed by atoms with E-state index in [1.165, 1.54) is 19.3 Å². The molecule has 3 rings (SSSR count). The number of carbonyl (C=O) groups excluding carboxylic acids is 1. The predicted molar refractivity (Wildman–Crippen MR) is 154 cm³/mol. The molecule has 16 nitrogen and oxygen atoms in total. The zero-order valence-corrected chi connectivity index (χ0v) is 25.3. The van der Waals surface area contributed by atoms with Crippen molar-refractivity contribution in [3.63, 3.8) is 0 Å². The van der Waals surface area contributed by atoms with E-state index in [2.05, 4.69) is 12.2 Å². The van der Waals surface area contributed by atoms with Crippen LogP contribution in [0.15, 0.2) is 0 Å². The van der Waals surface area contributed by atoms with Crippen LogP contribution in [-0.2, 0) is 23.7 Å². The zero-order valence-electron chi connectivity index (χ0n) is 25.3. The monoisotopic (exact) mass is 638 g/mol. The van der Waals surface area contributed by atoms with Gasteiger partial charge in [0.25, 0.3) is 0 Å². The lowest BCUT2D eigenvalue weighted by Gasteiger charge is -2.48. The number of aliphatic hydroxyl groups is 7. The summed E-state index contributed by atoms with van der Waals surface area (Å²) < 4.78 is 22.8. The molecule has 16 heteroatoms. The molecule has 0 aromatic heterocycles. The number of nitrogens with two attached hydrogens (primary N) is 3. The van der Waals surface area contributed by atoms with Gasteiger partial charge in [0.15, 0.2) is 12.6 Å². The normalized spacial score (nSPS) is 43.1. The number of unbranched alkanes of at least 4 members (excludes halogenated alkanes) is 6. The zero-order chi connectivity index (χ0) is 32.6. The molecule has 2 heterocycles. The minimum Gasteiger partial charge on any atom is -0.394 e. The highest BCUT2D eigenvalue weighted by atomic mass is 16.7. The smallest absolute Gasteiger partial charge is 0.220 e. The second kappa shape index (κ2) is 17.7. The maximum Gasteiger partial charge on any atom is 0.220 e. The minimum atomic E-state index is -1.73. The first-order valence-corrected chi connectivity index (χ1v) is 15.8. The van der Waals surface area contributed by atoms with E-state index in [0.717, 1.165) is 25.7 Å². The molecule has 2 saturated heterocycles. The lowest BCUT2D eigenvalue weighted by molar-refractivity contribution is -0.332. The van der Waals surface area contributed by atoms with Crippen LogP contribution in [0.4, 0.5) is 0 Å². The lowest BCUT2D eigenvalue weighted by atomic mass is 9.84. The van der Waals surface area contributed by atoms with E-state index < -0.39 is 98.4 Å². The van der Waals surface area contributed by atoms with Crippen molar-refractivity contribution in [1.29, 1.82) is 0 Å². The van der Waals surface area contributed by atoms with Crippen LogP contribution in [0, 0.1) is 0 Å². The molecule has 15 atom stereocenters. The first-order chi connectivity index (χ1) is 20.9. The average molecular weight is 639 g/mol. The van der Waals surface area contributed by atoms with Crippen molar-refractivity contribution in [1.82, 2.24) is 5.32 Å². The van der Waals surface area contributed by atoms with E-state index in [-0.39, 0.29) is 18.9 Å². The first kappa shape index (κ1) is 37.4. The Morgan fingerprint density at radius 1 is 0.727 bits per heavy atom. The van der Waals surface area contributed by atoms with Crippen LogP contribution in [-0.4, -0.2) is 147 Å². The van der Waals surface area contributed by atoms with E-state index in [1.54, 1.807) is 0 Å². The van der Waals surface area contributed by atoms with Gasteiger partial charge in [-0.05, 0) is 12.8 Å². The van der Waals surface area contributed by atoms with Crippen LogP contribution >= 0.6 is 0 Å². The fraction of sp³-hybridized carbons (Fsp3) is 0.964. The Morgan fingerprint density at radius 2 is 1.27 bits per heavy atom. The van der Waals surface area contributed by atoms with Gasteiger partial charge in [0.05, 0.1) is 12.6 Å². The van der Waals surface area contributed by atoms with Crippen LogP contribution in [0.25, 0.3) is 0 Å². The van der Waals surface area contributed by atoms with Gasteiger partial charge < -0.3 is 77.2 Å². The van der Waals surface area contributed by atoms with Gasteiger partial charge in [-0.3, -0.25) is 4.79 Å². The number of carbonyl (C=O) groups is 1. The molecule has 1 saturated carbocycles. The number of aliphatic hydroxyl groups excluding tert-OH is 7. The molecule has 0 aromatic carbocycles. The summed E-state index contributed by atoms with van der Waals surface area (Å²) in [5.74, 6) is -0.242. The molecule has 0 bridgehead atoms. The van der Waals surface area contributed by atoms with Gasteiger partial charge in [0.1, 0.15) is 61.0 Å². The van der Waals surface area contributed by atoms with Gasteiger partial charge in [0, 0.05) is 25.0 Å². The Labute approximate surface area is 257 Å². The van der Waals surface area contributed by atoms with Crippen LogP contribution in [0.3, 0.4) is 0 Å². The molecule has 3 fully saturated rings. The van der Waals surface area contributed by atoms with Crippen molar-refractivity contribution in [2.75, 3.05) is 13.2 Å². The highest BCUT2D eigenvalue weighted by molar-refractivity contribution is 5.75. The second-order valence-electron chi connectivity index (χ2n) is 12.2. The maximum atomic E-state index is 12.4. The summed E-state index contributed by atoms with van der Waals surface area (Å²) in [7, 11) is 0. The standard InChI is InChI=1S/C28H54N4O12/c1-2-3-4-5-6-7-8-9-17(34)32-11-15-20(36)22(38)23(39)28(41-15)44-26-14(30)10-13(29)25(24(26)40)43-27-21(37)18(31)19(35)16(12-33)42-27/h13-16,18-28,33,35-40H,2-12,29-31H2,1H3,(H,32,34)/t13-,14?,15?,16?,18?,19?,20?,21?,22?,23?,24?,25?,26?,27?,28?/m0/s1. The van der Waals surface area contributed by atoms with Crippen LogP contribution < -0.4 is 22.5 Å². The molecule has 1 aliphatic carbocycles. The van der Waals surface area contributed by atoms with Crippen LogP contribution in [0.2, 0.25) is 0 Å². The Hall–Kier alpha value is -1.09. The van der Waals surface area contributed by atoms with Crippen molar-refractivity contribution < 1.29 is 59.5 Å². The number of amides is 1. The van der Waals surface area contributed by atoms with Crippen LogP contribution in [0.1, 0.15) is 64.7 Å². The third kappa shape index (κ3) is 9.48. The second-order valence-corrected chi connectivity index (χ2v) is 12.2. The van der Waals surface area contributed by atoms with Crippen LogP contribution in [0.5, 0.6) is 0 Å². The summed E-state index contributed by atoms with van der Waals surface area (Å²) in [5.41, 5.74) is 18.3. The van der Waals surface area contributed by atoms with E-state index in [1.807, 2.05) is 0 Å². The maximum absolute atomic E-state index is 12.4. The van der Waals surface area contributed by atoms with E-state index in [4.69, 9.17) is 36.1 Å². The molecule has 3 aliphatic rings.